The van der Waals surface area contributed by atoms with Crippen molar-refractivity contribution in [2.24, 2.45) is 0 Å². The summed E-state index contributed by atoms with van der Waals surface area (Å²) in [6, 6.07) is -0.576. The van der Waals surface area contributed by atoms with Gasteiger partial charge in [0.05, 0.1) is 16.6 Å². The lowest BCUT2D eigenvalue weighted by atomic mass is 10.1. The van der Waals surface area contributed by atoms with Crippen LogP contribution in [0.15, 0.2) is 12.1 Å². The third kappa shape index (κ3) is 3.21. The van der Waals surface area contributed by atoms with Gasteiger partial charge in [-0.15, -0.1) is 0 Å². The molecule has 1 rings (SSSR count). The van der Waals surface area contributed by atoms with Crippen molar-refractivity contribution < 1.29 is 28.4 Å². The minimum atomic E-state index is -1.53. The van der Waals surface area contributed by atoms with Gasteiger partial charge in [0.15, 0.2) is 0 Å². The van der Waals surface area contributed by atoms with Crippen LogP contribution in [0.1, 0.15) is 17.3 Å². The molecular formula is C10H8F2N2O5. The van der Waals surface area contributed by atoms with E-state index in [1.807, 2.05) is 5.32 Å². The number of carboxylic acid groups (broad SMARTS) is 1. The Kier molecular flexibility index (Phi) is 4.10. The number of aliphatic carboxylic acids is 1. The number of nitro groups is 1. The van der Waals surface area contributed by atoms with E-state index >= 15 is 0 Å². The summed E-state index contributed by atoms with van der Waals surface area (Å²) in [7, 11) is 0. The van der Waals surface area contributed by atoms with Gasteiger partial charge in [-0.05, 0) is 13.0 Å². The van der Waals surface area contributed by atoms with Crippen LogP contribution < -0.4 is 5.32 Å². The van der Waals surface area contributed by atoms with Crippen molar-refractivity contribution in [2.75, 3.05) is 0 Å². The topological polar surface area (TPSA) is 110 Å². The molecule has 0 aliphatic carbocycles. The number of carbonyl (C=O) groups is 2. The van der Waals surface area contributed by atoms with Gasteiger partial charge in [0.25, 0.3) is 5.91 Å². The SMILES string of the molecule is CC(NC(=O)c1cc(F)cc([N+](=O)[O-])c1F)C(=O)O. The zero-order valence-electron chi connectivity index (χ0n) is 9.52. The Morgan fingerprint density at radius 1 is 1.42 bits per heavy atom. The molecule has 0 aliphatic heterocycles. The molecule has 0 aromatic heterocycles. The highest BCUT2D eigenvalue weighted by molar-refractivity contribution is 5.97. The van der Waals surface area contributed by atoms with Crippen molar-refractivity contribution in [3.63, 3.8) is 0 Å². The standard InChI is InChI=1S/C10H8F2N2O5/c1-4(10(16)17)13-9(15)6-2-5(11)3-7(8(6)12)14(18)19/h2-4H,1H3,(H,13,15)(H,16,17). The van der Waals surface area contributed by atoms with E-state index in [0.717, 1.165) is 6.92 Å². The quantitative estimate of drug-likeness (QED) is 0.630. The second-order valence-corrected chi connectivity index (χ2v) is 3.58. The fourth-order valence-electron chi connectivity index (χ4n) is 1.21. The van der Waals surface area contributed by atoms with Gasteiger partial charge in [-0.3, -0.25) is 19.7 Å². The van der Waals surface area contributed by atoms with Crippen LogP contribution in [0, 0.1) is 21.7 Å². The van der Waals surface area contributed by atoms with Gasteiger partial charge < -0.3 is 10.4 Å². The average Bonchev–Trinajstić information content (AvgIpc) is 2.30. The van der Waals surface area contributed by atoms with Gasteiger partial charge in [0, 0.05) is 0 Å². The molecule has 7 nitrogen and oxygen atoms in total. The van der Waals surface area contributed by atoms with E-state index in [0.29, 0.717) is 12.1 Å². The largest absolute Gasteiger partial charge is 0.480 e. The maximum absolute atomic E-state index is 13.6. The van der Waals surface area contributed by atoms with Crippen molar-refractivity contribution >= 4 is 17.6 Å². The maximum atomic E-state index is 13.6. The number of nitrogens with one attached hydrogen (secondary N) is 1. The molecule has 9 heteroatoms. The minimum Gasteiger partial charge on any atom is -0.480 e. The molecule has 2 N–H and O–H groups in total. The fraction of sp³-hybridized carbons (Fsp3) is 0.200. The molecule has 0 heterocycles. The number of nitro benzene ring substituents is 1. The summed E-state index contributed by atoms with van der Waals surface area (Å²) in [5, 5.41) is 20.9. The van der Waals surface area contributed by atoms with Gasteiger partial charge in [-0.25, -0.2) is 4.39 Å². The van der Waals surface area contributed by atoms with Crippen LogP contribution in [0.2, 0.25) is 0 Å². The van der Waals surface area contributed by atoms with E-state index in [4.69, 9.17) is 5.11 Å². The predicted molar refractivity (Wildman–Crippen MR) is 57.6 cm³/mol. The van der Waals surface area contributed by atoms with Crippen LogP contribution in [0.25, 0.3) is 0 Å². The summed E-state index contributed by atoms with van der Waals surface area (Å²) in [5.74, 6) is -5.35. The number of nitrogens with zero attached hydrogens (tertiary/aromatic N) is 1. The van der Waals surface area contributed by atoms with Gasteiger partial charge in [0.2, 0.25) is 5.82 Å². The third-order valence-corrected chi connectivity index (χ3v) is 2.18. The average molecular weight is 274 g/mol. The monoisotopic (exact) mass is 274 g/mol. The van der Waals surface area contributed by atoms with Crippen LogP contribution in [0.3, 0.4) is 0 Å². The van der Waals surface area contributed by atoms with E-state index in [9.17, 15) is 28.5 Å². The van der Waals surface area contributed by atoms with E-state index in [2.05, 4.69) is 0 Å². The van der Waals surface area contributed by atoms with Crippen molar-refractivity contribution in [2.45, 2.75) is 13.0 Å². The first-order valence-electron chi connectivity index (χ1n) is 4.91. The minimum absolute atomic E-state index is 0.326. The molecule has 0 spiro atoms. The lowest BCUT2D eigenvalue weighted by Gasteiger charge is -2.09. The molecule has 102 valence electrons. The Labute approximate surface area is 105 Å². The van der Waals surface area contributed by atoms with Gasteiger partial charge in [0.1, 0.15) is 11.9 Å². The first-order valence-corrected chi connectivity index (χ1v) is 4.91. The second-order valence-electron chi connectivity index (χ2n) is 3.58. The van der Waals surface area contributed by atoms with Crippen molar-refractivity contribution in [3.8, 4) is 0 Å². The van der Waals surface area contributed by atoms with E-state index in [1.165, 1.54) is 0 Å². The Morgan fingerprint density at radius 3 is 2.47 bits per heavy atom. The van der Waals surface area contributed by atoms with E-state index < -0.39 is 45.7 Å². The number of amides is 1. The number of benzene rings is 1. The highest BCUT2D eigenvalue weighted by Crippen LogP contribution is 2.22. The van der Waals surface area contributed by atoms with Crippen LogP contribution in [0.5, 0.6) is 0 Å². The van der Waals surface area contributed by atoms with Gasteiger partial charge in [-0.2, -0.15) is 4.39 Å². The number of halogens is 2. The summed E-state index contributed by atoms with van der Waals surface area (Å²) < 4.78 is 26.6. The Morgan fingerprint density at radius 2 is 2.00 bits per heavy atom. The van der Waals surface area contributed by atoms with Crippen LogP contribution in [-0.2, 0) is 4.79 Å². The summed E-state index contributed by atoms with van der Waals surface area (Å²) in [5.41, 5.74) is -2.13. The molecule has 1 unspecified atom stereocenters. The highest BCUT2D eigenvalue weighted by atomic mass is 19.1. The normalized spacial score (nSPS) is 11.7. The molecule has 0 radical (unpaired) electrons. The van der Waals surface area contributed by atoms with E-state index in [-0.39, 0.29) is 0 Å². The predicted octanol–water partition coefficient (Wildman–Crippen LogP) is 1.08. The molecule has 1 aromatic rings. The van der Waals surface area contributed by atoms with Crippen molar-refractivity contribution in [3.05, 3.63) is 39.4 Å². The molecule has 1 atom stereocenters. The van der Waals surface area contributed by atoms with Crippen LogP contribution in [0.4, 0.5) is 14.5 Å². The molecule has 0 saturated heterocycles. The summed E-state index contributed by atoms with van der Waals surface area (Å²) in [6.07, 6.45) is 0. The molecule has 0 bridgehead atoms. The lowest BCUT2D eigenvalue weighted by molar-refractivity contribution is -0.387. The number of hydrogen-bond donors (Lipinski definition) is 2. The number of carboxylic acids is 1. The molecule has 0 saturated carbocycles. The number of rotatable bonds is 4. The Balaban J connectivity index is 3.17. The fourth-order valence-corrected chi connectivity index (χ4v) is 1.21. The molecule has 0 aliphatic rings. The van der Waals surface area contributed by atoms with Crippen LogP contribution >= 0.6 is 0 Å². The summed E-state index contributed by atoms with van der Waals surface area (Å²) >= 11 is 0. The maximum Gasteiger partial charge on any atom is 0.325 e. The summed E-state index contributed by atoms with van der Waals surface area (Å²) in [4.78, 5) is 31.3. The molecule has 1 aromatic carbocycles. The molecule has 19 heavy (non-hydrogen) atoms. The zero-order chi connectivity index (χ0) is 14.7. The smallest absolute Gasteiger partial charge is 0.325 e. The highest BCUT2D eigenvalue weighted by Gasteiger charge is 2.25. The van der Waals surface area contributed by atoms with E-state index in [1.54, 1.807) is 0 Å². The molecule has 1 amide bonds. The third-order valence-electron chi connectivity index (χ3n) is 2.18. The second kappa shape index (κ2) is 5.38. The first kappa shape index (κ1) is 14.5. The zero-order valence-corrected chi connectivity index (χ0v) is 9.52. The van der Waals surface area contributed by atoms with Gasteiger partial charge in [-0.1, -0.05) is 0 Å². The molecule has 0 fully saturated rings. The lowest BCUT2D eigenvalue weighted by Crippen LogP contribution is -2.38. The first-order chi connectivity index (χ1) is 8.73. The Bertz CT molecular complexity index is 561. The van der Waals surface area contributed by atoms with Crippen LogP contribution in [-0.4, -0.2) is 27.9 Å². The van der Waals surface area contributed by atoms with Gasteiger partial charge >= 0.3 is 11.7 Å². The van der Waals surface area contributed by atoms with Crippen molar-refractivity contribution in [1.82, 2.24) is 5.32 Å². The summed E-state index contributed by atoms with van der Waals surface area (Å²) in [6.45, 7) is 1.10. The number of hydrogen-bond acceptors (Lipinski definition) is 4. The molecular weight excluding hydrogens is 266 g/mol. The van der Waals surface area contributed by atoms with Crippen molar-refractivity contribution in [1.29, 1.82) is 0 Å². The number of carbonyl (C=O) groups excluding carboxylic acids is 1. The Hall–Kier alpha value is -2.58.